The zero-order chi connectivity index (χ0) is 23.1. The third-order valence-corrected chi connectivity index (χ3v) is 7.21. The van der Waals surface area contributed by atoms with Crippen LogP contribution in [0.3, 0.4) is 0 Å². The van der Waals surface area contributed by atoms with Crippen LogP contribution in [0.5, 0.6) is 0 Å². The van der Waals surface area contributed by atoms with Gasteiger partial charge in [0.15, 0.2) is 0 Å². The lowest BCUT2D eigenvalue weighted by molar-refractivity contribution is 0.401. The minimum absolute atomic E-state index is 0.170. The Morgan fingerprint density at radius 3 is 1.88 bits per heavy atom. The summed E-state index contributed by atoms with van der Waals surface area (Å²) in [5.74, 6) is 0.604. The van der Waals surface area contributed by atoms with Crippen LogP contribution in [0, 0.1) is 0 Å². The molecule has 0 aliphatic heterocycles. The predicted octanol–water partition coefficient (Wildman–Crippen LogP) is 5.78. The third-order valence-electron chi connectivity index (χ3n) is 5.44. The highest BCUT2D eigenvalue weighted by molar-refractivity contribution is 7.89. The van der Waals surface area contributed by atoms with Crippen LogP contribution in [0.2, 0.25) is 0 Å². The molecule has 0 atom stereocenters. The Hall–Kier alpha value is -3.48. The van der Waals surface area contributed by atoms with Gasteiger partial charge in [0.25, 0.3) is 0 Å². The smallest absolute Gasteiger partial charge is 0.245 e. The average molecular weight is 458 g/mol. The third kappa shape index (κ3) is 5.66. The molecule has 0 aliphatic rings. The normalized spacial score (nSPS) is 11.5. The molecule has 3 aromatic carbocycles. The van der Waals surface area contributed by atoms with E-state index < -0.39 is 10.0 Å². The highest BCUT2D eigenvalue weighted by atomic mass is 32.2. The minimum atomic E-state index is -3.76. The molecule has 6 heteroatoms. The van der Waals surface area contributed by atoms with Gasteiger partial charge in [-0.3, -0.25) is 0 Å². The molecule has 0 fully saturated rings. The van der Waals surface area contributed by atoms with Gasteiger partial charge < -0.3 is 5.32 Å². The number of aryl methyl sites for hydroxylation is 1. The SMILES string of the molecule is CCc1ccccc1Nc1ccc(S(=O)(=O)N(Cc2ccccc2)Cc2ccccc2)cn1. The van der Waals surface area contributed by atoms with Gasteiger partial charge in [0.05, 0.1) is 0 Å². The van der Waals surface area contributed by atoms with E-state index in [-0.39, 0.29) is 18.0 Å². The lowest BCUT2D eigenvalue weighted by Gasteiger charge is -2.22. The summed E-state index contributed by atoms with van der Waals surface area (Å²) in [6, 6.07) is 30.6. The molecule has 1 N–H and O–H groups in total. The van der Waals surface area contributed by atoms with Crippen LogP contribution in [0.4, 0.5) is 11.5 Å². The topological polar surface area (TPSA) is 62.3 Å². The van der Waals surface area contributed by atoms with Gasteiger partial charge in [0, 0.05) is 25.0 Å². The Kier molecular flexibility index (Phi) is 7.17. The molecule has 4 rings (SSSR count). The van der Waals surface area contributed by atoms with E-state index in [4.69, 9.17) is 0 Å². The zero-order valence-corrected chi connectivity index (χ0v) is 19.4. The van der Waals surface area contributed by atoms with E-state index in [0.29, 0.717) is 5.82 Å². The molecule has 0 bridgehead atoms. The average Bonchev–Trinajstić information content (AvgIpc) is 2.85. The Labute approximate surface area is 195 Å². The van der Waals surface area contributed by atoms with E-state index in [9.17, 15) is 8.42 Å². The fraction of sp³-hybridized carbons (Fsp3) is 0.148. The van der Waals surface area contributed by atoms with Crippen LogP contribution in [-0.2, 0) is 29.5 Å². The van der Waals surface area contributed by atoms with E-state index in [1.54, 1.807) is 12.1 Å². The van der Waals surface area contributed by atoms with Gasteiger partial charge in [-0.25, -0.2) is 13.4 Å². The number of nitrogens with one attached hydrogen (secondary N) is 1. The van der Waals surface area contributed by atoms with Gasteiger partial charge in [0.2, 0.25) is 10.0 Å². The number of sulfonamides is 1. The summed E-state index contributed by atoms with van der Waals surface area (Å²) in [6.07, 6.45) is 2.32. The summed E-state index contributed by atoms with van der Waals surface area (Å²) in [6.45, 7) is 2.65. The Balaban J connectivity index is 1.60. The van der Waals surface area contributed by atoms with Crippen molar-refractivity contribution in [1.82, 2.24) is 9.29 Å². The maximum atomic E-state index is 13.6. The van der Waals surface area contributed by atoms with E-state index in [0.717, 1.165) is 23.2 Å². The number of hydrogen-bond donors (Lipinski definition) is 1. The number of rotatable bonds is 9. The molecule has 0 amide bonds. The van der Waals surface area contributed by atoms with Crippen LogP contribution in [-0.4, -0.2) is 17.7 Å². The van der Waals surface area contributed by atoms with Crippen molar-refractivity contribution in [2.45, 2.75) is 31.3 Å². The summed E-state index contributed by atoms with van der Waals surface area (Å²) >= 11 is 0. The first-order valence-electron chi connectivity index (χ1n) is 11.0. The Bertz CT molecular complexity index is 1230. The molecule has 4 aromatic rings. The van der Waals surface area contributed by atoms with Gasteiger partial charge in [-0.15, -0.1) is 0 Å². The highest BCUT2D eigenvalue weighted by Gasteiger charge is 2.25. The number of pyridine rings is 1. The van der Waals surface area contributed by atoms with Crippen molar-refractivity contribution in [1.29, 1.82) is 0 Å². The van der Waals surface area contributed by atoms with E-state index >= 15 is 0 Å². The molecule has 0 radical (unpaired) electrons. The summed E-state index contributed by atoms with van der Waals surface area (Å²) in [4.78, 5) is 4.57. The van der Waals surface area contributed by atoms with Crippen molar-refractivity contribution in [3.8, 4) is 0 Å². The molecule has 1 heterocycles. The van der Waals surface area contributed by atoms with Gasteiger partial charge in [-0.1, -0.05) is 85.8 Å². The van der Waals surface area contributed by atoms with Gasteiger partial charge >= 0.3 is 0 Å². The van der Waals surface area contributed by atoms with Crippen molar-refractivity contribution in [3.05, 3.63) is 120 Å². The largest absolute Gasteiger partial charge is 0.340 e. The summed E-state index contributed by atoms with van der Waals surface area (Å²) in [5, 5.41) is 3.29. The zero-order valence-electron chi connectivity index (χ0n) is 18.6. The molecular weight excluding hydrogens is 430 g/mol. The molecule has 1 aromatic heterocycles. The van der Waals surface area contributed by atoms with Crippen LogP contribution in [0.1, 0.15) is 23.6 Å². The number of benzene rings is 3. The standard InChI is InChI=1S/C27H27N3O2S/c1-2-24-15-9-10-16-26(24)29-27-18-17-25(19-28-27)33(31,32)30(20-22-11-5-3-6-12-22)21-23-13-7-4-8-14-23/h3-19H,2,20-21H2,1H3,(H,28,29). The first kappa shape index (κ1) is 22.7. The molecule has 0 saturated carbocycles. The van der Waals surface area contributed by atoms with E-state index in [1.807, 2.05) is 78.9 Å². The van der Waals surface area contributed by atoms with Crippen LogP contribution >= 0.6 is 0 Å². The van der Waals surface area contributed by atoms with Crippen molar-refractivity contribution >= 4 is 21.5 Å². The van der Waals surface area contributed by atoms with Crippen molar-refractivity contribution < 1.29 is 8.42 Å². The lowest BCUT2D eigenvalue weighted by Crippen LogP contribution is -2.30. The molecule has 0 unspecified atom stereocenters. The molecule has 168 valence electrons. The molecule has 0 spiro atoms. The molecule has 33 heavy (non-hydrogen) atoms. The first-order valence-corrected chi connectivity index (χ1v) is 12.4. The van der Waals surface area contributed by atoms with E-state index in [2.05, 4.69) is 23.3 Å². The van der Waals surface area contributed by atoms with Gasteiger partial charge in [-0.2, -0.15) is 4.31 Å². The number of anilines is 2. The summed E-state index contributed by atoms with van der Waals surface area (Å²) in [7, 11) is -3.76. The number of aromatic nitrogens is 1. The monoisotopic (exact) mass is 457 g/mol. The second-order valence-corrected chi connectivity index (χ2v) is 9.70. The number of hydrogen-bond acceptors (Lipinski definition) is 4. The van der Waals surface area contributed by atoms with Crippen molar-refractivity contribution in [2.75, 3.05) is 5.32 Å². The maximum absolute atomic E-state index is 13.6. The fourth-order valence-corrected chi connectivity index (χ4v) is 5.01. The lowest BCUT2D eigenvalue weighted by atomic mass is 10.1. The predicted molar refractivity (Wildman–Crippen MR) is 133 cm³/mol. The fourth-order valence-electron chi connectivity index (χ4n) is 3.64. The molecular formula is C27H27N3O2S. The molecule has 0 aliphatic carbocycles. The number of para-hydroxylation sites is 1. The first-order chi connectivity index (χ1) is 16.1. The number of nitrogens with zero attached hydrogens (tertiary/aromatic N) is 2. The maximum Gasteiger partial charge on any atom is 0.245 e. The molecule has 5 nitrogen and oxygen atoms in total. The molecule has 0 saturated heterocycles. The van der Waals surface area contributed by atoms with Crippen molar-refractivity contribution in [2.24, 2.45) is 0 Å². The Morgan fingerprint density at radius 2 is 1.33 bits per heavy atom. The summed E-state index contributed by atoms with van der Waals surface area (Å²) < 4.78 is 28.6. The van der Waals surface area contributed by atoms with Crippen molar-refractivity contribution in [3.63, 3.8) is 0 Å². The van der Waals surface area contributed by atoms with Gasteiger partial charge in [0.1, 0.15) is 10.7 Å². The van der Waals surface area contributed by atoms with Gasteiger partial charge in [-0.05, 0) is 41.3 Å². The second kappa shape index (κ2) is 10.4. The van der Waals surface area contributed by atoms with Crippen LogP contribution < -0.4 is 5.32 Å². The second-order valence-electron chi connectivity index (χ2n) is 7.76. The van der Waals surface area contributed by atoms with E-state index in [1.165, 1.54) is 16.1 Å². The quantitative estimate of drug-likeness (QED) is 0.346. The van der Waals surface area contributed by atoms with Crippen LogP contribution in [0.25, 0.3) is 0 Å². The highest BCUT2D eigenvalue weighted by Crippen LogP contribution is 2.24. The van der Waals surface area contributed by atoms with Crippen LogP contribution in [0.15, 0.2) is 108 Å². The summed E-state index contributed by atoms with van der Waals surface area (Å²) in [5.41, 5.74) is 4.00. The minimum Gasteiger partial charge on any atom is -0.340 e. The Morgan fingerprint density at radius 1 is 0.758 bits per heavy atom.